The predicted octanol–water partition coefficient (Wildman–Crippen LogP) is 1.24. The van der Waals surface area contributed by atoms with Crippen LogP contribution in [0.4, 0.5) is 0 Å². The van der Waals surface area contributed by atoms with Gasteiger partial charge < -0.3 is 20.3 Å². The first-order valence-electron chi connectivity index (χ1n) is 10.9. The minimum absolute atomic E-state index is 0.156. The van der Waals surface area contributed by atoms with Gasteiger partial charge in [-0.25, -0.2) is 0 Å². The molecule has 7 heteroatoms. The van der Waals surface area contributed by atoms with Gasteiger partial charge in [-0.05, 0) is 24.8 Å². The molecule has 0 radical (unpaired) electrons. The second kappa shape index (κ2) is 9.59. The van der Waals surface area contributed by atoms with Crippen LogP contribution in [0.25, 0.3) is 0 Å². The van der Waals surface area contributed by atoms with Crippen LogP contribution in [0.15, 0.2) is 35.3 Å². The molecular weight excluding hydrogens is 366 g/mol. The quantitative estimate of drug-likeness (QED) is 0.556. The summed E-state index contributed by atoms with van der Waals surface area (Å²) in [6.45, 7) is 5.73. The monoisotopic (exact) mass is 399 g/mol. The Kier molecular flexibility index (Phi) is 6.67. The van der Waals surface area contributed by atoms with Crippen LogP contribution >= 0.6 is 0 Å². The largest absolute Gasteiger partial charge is 0.373 e. The van der Waals surface area contributed by atoms with Gasteiger partial charge in [0.2, 0.25) is 5.91 Å². The van der Waals surface area contributed by atoms with Crippen molar-refractivity contribution in [2.45, 2.75) is 31.4 Å². The number of hydrogen-bond acceptors (Lipinski definition) is 4. The lowest BCUT2D eigenvalue weighted by molar-refractivity contribution is -0.122. The molecule has 1 saturated carbocycles. The Labute approximate surface area is 173 Å². The van der Waals surface area contributed by atoms with Crippen molar-refractivity contribution in [3.8, 4) is 0 Å². The first-order chi connectivity index (χ1) is 14.2. The minimum atomic E-state index is 0.156. The normalized spacial score (nSPS) is 25.8. The third-order valence-corrected chi connectivity index (χ3v) is 6.06. The lowest BCUT2D eigenvalue weighted by Crippen LogP contribution is -2.54. The van der Waals surface area contributed by atoms with Crippen LogP contribution in [-0.4, -0.2) is 80.6 Å². The first-order valence-corrected chi connectivity index (χ1v) is 10.9. The van der Waals surface area contributed by atoms with Crippen molar-refractivity contribution < 1.29 is 9.53 Å². The van der Waals surface area contributed by atoms with Crippen molar-refractivity contribution >= 4 is 11.9 Å². The van der Waals surface area contributed by atoms with E-state index in [0.717, 1.165) is 64.6 Å². The predicted molar refractivity (Wildman–Crippen MR) is 114 cm³/mol. The van der Waals surface area contributed by atoms with Crippen LogP contribution in [0.2, 0.25) is 0 Å². The molecular formula is C22H33N5O2. The molecule has 1 amide bonds. The van der Waals surface area contributed by atoms with Crippen LogP contribution in [0.1, 0.15) is 30.9 Å². The molecule has 0 spiro atoms. The van der Waals surface area contributed by atoms with E-state index in [9.17, 15) is 4.79 Å². The number of benzene rings is 1. The molecule has 2 saturated heterocycles. The van der Waals surface area contributed by atoms with E-state index < -0.39 is 0 Å². The number of hydrogen-bond donors (Lipinski definition) is 2. The van der Waals surface area contributed by atoms with Crippen molar-refractivity contribution in [2.24, 2.45) is 10.9 Å². The zero-order chi connectivity index (χ0) is 20.1. The van der Waals surface area contributed by atoms with Gasteiger partial charge in [0.25, 0.3) is 0 Å². The van der Waals surface area contributed by atoms with Gasteiger partial charge >= 0.3 is 0 Å². The second-order valence-electron chi connectivity index (χ2n) is 8.28. The fraction of sp³-hybridized carbons (Fsp3) is 0.636. The summed E-state index contributed by atoms with van der Waals surface area (Å²) in [5.41, 5.74) is 1.25. The summed E-state index contributed by atoms with van der Waals surface area (Å²) in [6.07, 6.45) is 3.49. The Morgan fingerprint density at radius 1 is 1.14 bits per heavy atom. The topological polar surface area (TPSA) is 69.2 Å². The summed E-state index contributed by atoms with van der Waals surface area (Å²) in [6, 6.07) is 10.9. The average molecular weight is 400 g/mol. The number of nitrogens with one attached hydrogen (secondary N) is 2. The summed E-state index contributed by atoms with van der Waals surface area (Å²) in [5, 5.41) is 6.64. The Morgan fingerprint density at radius 2 is 1.90 bits per heavy atom. The van der Waals surface area contributed by atoms with E-state index in [1.165, 1.54) is 5.56 Å². The zero-order valence-corrected chi connectivity index (χ0v) is 17.3. The molecule has 2 heterocycles. The molecule has 3 aliphatic rings. The minimum Gasteiger partial charge on any atom is -0.373 e. The Morgan fingerprint density at radius 3 is 2.59 bits per heavy atom. The maximum atomic E-state index is 12.0. The SMILES string of the molecule is CN=C(NCC1CCOC1c1ccccc1)N1CCN(CC(=O)NC2CC2)CC1. The van der Waals surface area contributed by atoms with E-state index in [0.29, 0.717) is 18.5 Å². The van der Waals surface area contributed by atoms with E-state index in [1.54, 1.807) is 0 Å². The number of amides is 1. The lowest BCUT2D eigenvalue weighted by atomic mass is 9.95. The number of piperazine rings is 1. The smallest absolute Gasteiger partial charge is 0.234 e. The fourth-order valence-electron chi connectivity index (χ4n) is 4.23. The van der Waals surface area contributed by atoms with E-state index in [1.807, 2.05) is 13.1 Å². The molecule has 2 atom stereocenters. The van der Waals surface area contributed by atoms with Crippen LogP contribution in [0.5, 0.6) is 0 Å². The van der Waals surface area contributed by atoms with Crippen LogP contribution in [0.3, 0.4) is 0 Å². The molecule has 3 fully saturated rings. The zero-order valence-electron chi connectivity index (χ0n) is 17.3. The molecule has 1 aliphatic carbocycles. The molecule has 2 N–H and O–H groups in total. The summed E-state index contributed by atoms with van der Waals surface area (Å²) >= 11 is 0. The Bertz CT molecular complexity index is 698. The van der Waals surface area contributed by atoms with Gasteiger partial charge in [0.1, 0.15) is 0 Å². The van der Waals surface area contributed by atoms with Crippen molar-refractivity contribution in [3.63, 3.8) is 0 Å². The van der Waals surface area contributed by atoms with E-state index in [-0.39, 0.29) is 12.0 Å². The molecule has 158 valence electrons. The summed E-state index contributed by atoms with van der Waals surface area (Å²) < 4.78 is 6.01. The summed E-state index contributed by atoms with van der Waals surface area (Å²) in [5.74, 6) is 1.56. The Balaban J connectivity index is 1.23. The molecule has 0 aromatic heterocycles. The maximum Gasteiger partial charge on any atom is 0.234 e. The number of rotatable bonds is 6. The van der Waals surface area contributed by atoms with Gasteiger partial charge in [-0.2, -0.15) is 0 Å². The molecule has 1 aromatic rings. The highest BCUT2D eigenvalue weighted by molar-refractivity contribution is 5.80. The number of ether oxygens (including phenoxy) is 1. The summed E-state index contributed by atoms with van der Waals surface area (Å²) in [4.78, 5) is 21.0. The third-order valence-electron chi connectivity index (χ3n) is 6.06. The number of carbonyl (C=O) groups excluding carboxylic acids is 1. The molecule has 4 rings (SSSR count). The number of carbonyl (C=O) groups is 1. The van der Waals surface area contributed by atoms with Crippen molar-refractivity contribution in [2.75, 3.05) is 52.9 Å². The van der Waals surface area contributed by atoms with Crippen molar-refractivity contribution in [1.82, 2.24) is 20.4 Å². The van der Waals surface area contributed by atoms with Gasteiger partial charge in [0, 0.05) is 58.3 Å². The van der Waals surface area contributed by atoms with Crippen LogP contribution in [-0.2, 0) is 9.53 Å². The van der Waals surface area contributed by atoms with Gasteiger partial charge in [-0.1, -0.05) is 30.3 Å². The standard InChI is InChI=1S/C22H33N5O2/c1-23-22(24-15-18-9-14-29-21(18)17-5-3-2-4-6-17)27-12-10-26(11-13-27)16-20(28)25-19-7-8-19/h2-6,18-19,21H,7-16H2,1H3,(H,23,24)(H,25,28). The molecule has 1 aromatic carbocycles. The average Bonchev–Trinajstić information content (AvgIpc) is 3.43. The number of nitrogens with zero attached hydrogens (tertiary/aromatic N) is 3. The molecule has 29 heavy (non-hydrogen) atoms. The molecule has 2 aliphatic heterocycles. The van der Waals surface area contributed by atoms with E-state index in [4.69, 9.17) is 4.74 Å². The maximum absolute atomic E-state index is 12.0. The second-order valence-corrected chi connectivity index (χ2v) is 8.28. The van der Waals surface area contributed by atoms with Crippen molar-refractivity contribution in [3.05, 3.63) is 35.9 Å². The highest BCUT2D eigenvalue weighted by Crippen LogP contribution is 2.33. The molecule has 7 nitrogen and oxygen atoms in total. The lowest BCUT2D eigenvalue weighted by Gasteiger charge is -2.36. The van der Waals surface area contributed by atoms with E-state index in [2.05, 4.69) is 49.7 Å². The highest BCUT2D eigenvalue weighted by atomic mass is 16.5. The van der Waals surface area contributed by atoms with Crippen molar-refractivity contribution in [1.29, 1.82) is 0 Å². The summed E-state index contributed by atoms with van der Waals surface area (Å²) in [7, 11) is 1.84. The highest BCUT2D eigenvalue weighted by Gasteiger charge is 2.30. The molecule has 2 unspecified atom stereocenters. The Hall–Kier alpha value is -2.12. The molecule has 0 bridgehead atoms. The van der Waals surface area contributed by atoms with Gasteiger partial charge in [0.05, 0.1) is 12.6 Å². The van der Waals surface area contributed by atoms with Gasteiger partial charge in [-0.3, -0.25) is 14.7 Å². The first kappa shape index (κ1) is 20.2. The van der Waals surface area contributed by atoms with Crippen LogP contribution in [0, 0.1) is 5.92 Å². The fourth-order valence-corrected chi connectivity index (χ4v) is 4.23. The van der Waals surface area contributed by atoms with Gasteiger partial charge in [-0.15, -0.1) is 0 Å². The van der Waals surface area contributed by atoms with E-state index >= 15 is 0 Å². The number of guanidine groups is 1. The number of aliphatic imine (C=N–C) groups is 1. The van der Waals surface area contributed by atoms with Gasteiger partial charge in [0.15, 0.2) is 5.96 Å². The third kappa shape index (κ3) is 5.48. The van der Waals surface area contributed by atoms with Crippen LogP contribution < -0.4 is 10.6 Å².